The molecule has 6 heteroatoms. The summed E-state index contributed by atoms with van der Waals surface area (Å²) in [5.74, 6) is -0.281. The van der Waals surface area contributed by atoms with Gasteiger partial charge in [0.25, 0.3) is 0 Å². The van der Waals surface area contributed by atoms with Gasteiger partial charge in [0.05, 0.1) is 13.1 Å². The van der Waals surface area contributed by atoms with Crippen molar-refractivity contribution < 1.29 is 9.90 Å². The summed E-state index contributed by atoms with van der Waals surface area (Å²) in [6, 6.07) is 5.27. The number of nitrogens with zero attached hydrogens (tertiary/aromatic N) is 3. The van der Waals surface area contributed by atoms with Gasteiger partial charge in [-0.3, -0.25) is 9.48 Å². The van der Waals surface area contributed by atoms with Crippen molar-refractivity contribution in [3.8, 4) is 0 Å². The Morgan fingerprint density at radius 1 is 1.43 bits per heavy atom. The highest BCUT2D eigenvalue weighted by Crippen LogP contribution is 2.22. The molecule has 0 saturated carbocycles. The molecule has 0 saturated heterocycles. The first-order chi connectivity index (χ1) is 10.7. The van der Waals surface area contributed by atoms with Crippen LogP contribution in [0.25, 0.3) is 4.85 Å². The van der Waals surface area contributed by atoms with Gasteiger partial charge in [0.15, 0.2) is 11.5 Å². The maximum absolute atomic E-state index is 12.4. The minimum Gasteiger partial charge on any atom is -0.380 e. The van der Waals surface area contributed by atoms with E-state index in [0.717, 1.165) is 16.7 Å². The topological polar surface area (TPSA) is 59.5 Å². The molecule has 1 N–H and O–H groups in total. The fourth-order valence-electron chi connectivity index (χ4n) is 2.31. The Kier molecular flexibility index (Phi) is 5.03. The average molecular weight is 376 g/mol. The highest BCUT2D eigenvalue weighted by molar-refractivity contribution is 9.10. The third-order valence-electron chi connectivity index (χ3n) is 3.70. The number of carbonyl (C=O) groups excluding carboxylic acids is 1. The average Bonchev–Trinajstić information content (AvgIpc) is 2.76. The molecule has 120 valence electrons. The molecular formula is C17H18BrN3O2. The SMILES string of the molecule is [C-]#[N+]c1ccc(CC(=O)[C@@](C)(O)Cn2cc(C)c(Br)n2)cc1C. The molecule has 2 aromatic rings. The van der Waals surface area contributed by atoms with Crippen LogP contribution in [0.4, 0.5) is 5.69 Å². The van der Waals surface area contributed by atoms with Gasteiger partial charge >= 0.3 is 0 Å². The molecule has 1 aromatic carbocycles. The van der Waals surface area contributed by atoms with Crippen LogP contribution >= 0.6 is 15.9 Å². The van der Waals surface area contributed by atoms with Crippen LogP contribution in [-0.2, 0) is 17.8 Å². The highest BCUT2D eigenvalue weighted by atomic mass is 79.9. The molecule has 0 amide bonds. The Hall–Kier alpha value is -1.97. The van der Waals surface area contributed by atoms with Gasteiger partial charge in [0.2, 0.25) is 0 Å². The van der Waals surface area contributed by atoms with E-state index in [2.05, 4.69) is 25.9 Å². The Bertz CT molecular complexity index is 768. The number of aliphatic hydroxyl groups is 1. The number of aromatic nitrogens is 2. The summed E-state index contributed by atoms with van der Waals surface area (Å²) in [6.45, 7) is 12.4. The van der Waals surface area contributed by atoms with Crippen LogP contribution in [0.1, 0.15) is 23.6 Å². The summed E-state index contributed by atoms with van der Waals surface area (Å²) in [6.07, 6.45) is 1.90. The number of benzene rings is 1. The summed E-state index contributed by atoms with van der Waals surface area (Å²) < 4.78 is 2.26. The van der Waals surface area contributed by atoms with Crippen LogP contribution in [-0.4, -0.2) is 26.3 Å². The molecule has 0 aliphatic rings. The van der Waals surface area contributed by atoms with Gasteiger partial charge in [-0.2, -0.15) is 5.10 Å². The van der Waals surface area contributed by atoms with Gasteiger partial charge in [-0.1, -0.05) is 18.2 Å². The van der Waals surface area contributed by atoms with E-state index >= 15 is 0 Å². The number of hydrogen-bond acceptors (Lipinski definition) is 3. The lowest BCUT2D eigenvalue weighted by Crippen LogP contribution is -2.40. The Balaban J connectivity index is 2.12. The molecule has 23 heavy (non-hydrogen) atoms. The maximum Gasteiger partial charge on any atom is 0.190 e. The molecule has 1 atom stereocenters. The molecule has 5 nitrogen and oxygen atoms in total. The first-order valence-electron chi connectivity index (χ1n) is 7.15. The second kappa shape index (κ2) is 6.65. The fourth-order valence-corrected chi connectivity index (χ4v) is 2.62. The number of aryl methyl sites for hydroxylation is 2. The van der Waals surface area contributed by atoms with E-state index in [-0.39, 0.29) is 18.7 Å². The lowest BCUT2D eigenvalue weighted by Gasteiger charge is -2.22. The van der Waals surface area contributed by atoms with E-state index in [0.29, 0.717) is 10.3 Å². The van der Waals surface area contributed by atoms with E-state index < -0.39 is 5.60 Å². The van der Waals surface area contributed by atoms with E-state index in [9.17, 15) is 9.90 Å². The summed E-state index contributed by atoms with van der Waals surface area (Å²) in [4.78, 5) is 15.8. The second-order valence-electron chi connectivity index (χ2n) is 5.91. The van der Waals surface area contributed by atoms with Gasteiger partial charge in [0.1, 0.15) is 10.2 Å². The smallest absolute Gasteiger partial charge is 0.190 e. The largest absolute Gasteiger partial charge is 0.380 e. The van der Waals surface area contributed by atoms with Crippen molar-refractivity contribution in [1.82, 2.24) is 9.78 Å². The number of halogens is 1. The first kappa shape index (κ1) is 17.4. The van der Waals surface area contributed by atoms with Gasteiger partial charge in [-0.05, 0) is 47.8 Å². The lowest BCUT2D eigenvalue weighted by molar-refractivity contribution is -0.136. The predicted molar refractivity (Wildman–Crippen MR) is 91.4 cm³/mol. The first-order valence-corrected chi connectivity index (χ1v) is 7.94. The lowest BCUT2D eigenvalue weighted by atomic mass is 9.94. The molecule has 2 rings (SSSR count). The molecule has 0 bridgehead atoms. The summed E-state index contributed by atoms with van der Waals surface area (Å²) in [5, 5.41) is 14.7. The highest BCUT2D eigenvalue weighted by Gasteiger charge is 2.31. The van der Waals surface area contributed by atoms with E-state index in [1.807, 2.05) is 19.9 Å². The fraction of sp³-hybridized carbons (Fsp3) is 0.353. The molecule has 0 spiro atoms. The van der Waals surface area contributed by atoms with Gasteiger partial charge < -0.3 is 5.11 Å². The molecule has 0 unspecified atom stereocenters. The molecule has 0 aliphatic heterocycles. The van der Waals surface area contributed by atoms with E-state index in [1.165, 1.54) is 6.92 Å². The van der Waals surface area contributed by atoms with Crippen molar-refractivity contribution in [2.75, 3.05) is 0 Å². The molecular weight excluding hydrogens is 358 g/mol. The number of rotatable bonds is 5. The van der Waals surface area contributed by atoms with Crippen molar-refractivity contribution in [3.63, 3.8) is 0 Å². The number of hydrogen-bond donors (Lipinski definition) is 1. The molecule has 1 aromatic heterocycles. The number of carbonyl (C=O) groups is 1. The normalized spacial score (nSPS) is 13.4. The number of Topliss-reactive ketones (excluding diaryl/α,β-unsaturated/α-hetero) is 1. The Labute approximate surface area is 143 Å². The molecule has 0 fully saturated rings. The van der Waals surface area contributed by atoms with Crippen molar-refractivity contribution in [3.05, 3.63) is 57.1 Å². The van der Waals surface area contributed by atoms with Crippen LogP contribution in [0.2, 0.25) is 0 Å². The Morgan fingerprint density at radius 3 is 2.65 bits per heavy atom. The standard InChI is InChI=1S/C17H18BrN3O2/c1-11-7-13(5-6-14(11)19-4)8-15(22)17(3,23)10-21-9-12(2)16(18)20-21/h5-7,9,23H,8,10H2,1-3H3/t17-/m0/s1. The summed E-state index contributed by atoms with van der Waals surface area (Å²) in [5.41, 5.74) is 1.63. The molecule has 0 aliphatic carbocycles. The molecule has 0 radical (unpaired) electrons. The maximum atomic E-state index is 12.4. The van der Waals surface area contributed by atoms with Crippen LogP contribution in [0.15, 0.2) is 29.0 Å². The van der Waals surface area contributed by atoms with E-state index in [1.54, 1.807) is 23.0 Å². The Morgan fingerprint density at radius 2 is 2.13 bits per heavy atom. The van der Waals surface area contributed by atoms with Crippen LogP contribution in [0, 0.1) is 20.4 Å². The minimum absolute atomic E-state index is 0.0946. The summed E-state index contributed by atoms with van der Waals surface area (Å²) >= 11 is 3.31. The monoisotopic (exact) mass is 375 g/mol. The van der Waals surface area contributed by atoms with Crippen LogP contribution in [0.5, 0.6) is 0 Å². The zero-order valence-corrected chi connectivity index (χ0v) is 14.9. The van der Waals surface area contributed by atoms with E-state index in [4.69, 9.17) is 6.57 Å². The van der Waals surface area contributed by atoms with Crippen molar-refractivity contribution >= 4 is 27.4 Å². The molecule has 1 heterocycles. The third kappa shape index (κ3) is 4.06. The predicted octanol–water partition coefficient (Wildman–Crippen LogP) is 3.38. The number of ketones is 1. The van der Waals surface area contributed by atoms with Crippen molar-refractivity contribution in [1.29, 1.82) is 0 Å². The van der Waals surface area contributed by atoms with Gasteiger partial charge in [0, 0.05) is 18.2 Å². The quantitative estimate of drug-likeness (QED) is 0.814. The third-order valence-corrected chi connectivity index (χ3v) is 4.49. The summed E-state index contributed by atoms with van der Waals surface area (Å²) in [7, 11) is 0. The van der Waals surface area contributed by atoms with Crippen molar-refractivity contribution in [2.45, 2.75) is 39.3 Å². The minimum atomic E-state index is -1.51. The van der Waals surface area contributed by atoms with Crippen LogP contribution < -0.4 is 0 Å². The van der Waals surface area contributed by atoms with Crippen LogP contribution in [0.3, 0.4) is 0 Å². The second-order valence-corrected chi connectivity index (χ2v) is 6.66. The van der Waals surface area contributed by atoms with Gasteiger partial charge in [-0.15, -0.1) is 0 Å². The zero-order valence-electron chi connectivity index (χ0n) is 13.3. The zero-order chi connectivity index (χ0) is 17.2. The van der Waals surface area contributed by atoms with Crippen molar-refractivity contribution in [2.24, 2.45) is 0 Å². The van der Waals surface area contributed by atoms with Gasteiger partial charge in [-0.25, -0.2) is 4.85 Å².